The fourth-order valence-corrected chi connectivity index (χ4v) is 3.06. The Morgan fingerprint density at radius 3 is 2.48 bits per heavy atom. The van der Waals surface area contributed by atoms with Crippen LogP contribution in [0.2, 0.25) is 0 Å². The zero-order valence-electron chi connectivity index (χ0n) is 14.5. The second kappa shape index (κ2) is 7.62. The number of hydrogen-bond acceptors (Lipinski definition) is 3. The molecule has 0 bridgehead atoms. The van der Waals surface area contributed by atoms with Crippen LogP contribution >= 0.6 is 0 Å². The first kappa shape index (κ1) is 17.5. The smallest absolute Gasteiger partial charge is 0.338 e. The zero-order chi connectivity index (χ0) is 17.0. The molecular weight excluding hydrogens is 290 g/mol. The van der Waals surface area contributed by atoms with Gasteiger partial charge in [-0.2, -0.15) is 0 Å². The molecule has 1 fully saturated rings. The summed E-state index contributed by atoms with van der Waals surface area (Å²) in [5.74, 6) is 0.390. The van der Waals surface area contributed by atoms with Crippen LogP contribution in [0.3, 0.4) is 0 Å². The number of carbonyl (C=O) groups excluding carboxylic acids is 2. The van der Waals surface area contributed by atoms with Crippen molar-refractivity contribution in [1.82, 2.24) is 5.32 Å². The lowest BCUT2D eigenvalue weighted by Crippen LogP contribution is -2.47. The van der Waals surface area contributed by atoms with E-state index in [9.17, 15) is 9.59 Å². The molecule has 1 amide bonds. The molecule has 0 spiro atoms. The zero-order valence-corrected chi connectivity index (χ0v) is 14.5. The monoisotopic (exact) mass is 317 g/mol. The number of carbonyl (C=O) groups is 2. The van der Waals surface area contributed by atoms with E-state index in [1.165, 1.54) is 6.42 Å². The van der Waals surface area contributed by atoms with E-state index in [2.05, 4.69) is 19.2 Å². The van der Waals surface area contributed by atoms with E-state index >= 15 is 0 Å². The Balaban J connectivity index is 1.89. The van der Waals surface area contributed by atoms with E-state index in [0.717, 1.165) is 18.4 Å². The van der Waals surface area contributed by atoms with Crippen LogP contribution in [0.1, 0.15) is 56.0 Å². The van der Waals surface area contributed by atoms with Crippen molar-refractivity contribution in [2.24, 2.45) is 11.8 Å². The highest BCUT2D eigenvalue weighted by Gasteiger charge is 2.30. The van der Waals surface area contributed by atoms with Gasteiger partial charge in [-0.05, 0) is 44.2 Å². The first-order valence-corrected chi connectivity index (χ1v) is 8.46. The Kier molecular flexibility index (Phi) is 5.80. The third kappa shape index (κ3) is 4.57. The van der Waals surface area contributed by atoms with Gasteiger partial charge in [0.1, 0.15) is 0 Å². The van der Waals surface area contributed by atoms with Gasteiger partial charge in [0.25, 0.3) is 5.91 Å². The Labute approximate surface area is 138 Å². The molecule has 4 atom stereocenters. The average Bonchev–Trinajstić information content (AvgIpc) is 2.52. The maximum Gasteiger partial charge on any atom is 0.338 e. The first-order valence-electron chi connectivity index (χ1n) is 8.46. The van der Waals surface area contributed by atoms with Crippen LogP contribution in [0.25, 0.3) is 0 Å². The molecule has 4 heteroatoms. The molecule has 0 heterocycles. The minimum absolute atomic E-state index is 0.173. The number of ether oxygens (including phenoxy) is 1. The van der Waals surface area contributed by atoms with E-state index < -0.39 is 12.1 Å². The summed E-state index contributed by atoms with van der Waals surface area (Å²) in [6.07, 6.45) is 2.56. The third-order valence-electron chi connectivity index (χ3n) is 4.97. The molecule has 126 valence electrons. The molecule has 1 aliphatic carbocycles. The highest BCUT2D eigenvalue weighted by molar-refractivity contribution is 5.92. The quantitative estimate of drug-likeness (QED) is 0.865. The molecule has 1 N–H and O–H groups in total. The molecule has 0 aromatic heterocycles. The largest absolute Gasteiger partial charge is 0.449 e. The van der Waals surface area contributed by atoms with Crippen molar-refractivity contribution in [1.29, 1.82) is 0 Å². The van der Waals surface area contributed by atoms with Gasteiger partial charge in [-0.15, -0.1) is 0 Å². The summed E-state index contributed by atoms with van der Waals surface area (Å²) >= 11 is 0. The minimum Gasteiger partial charge on any atom is -0.449 e. The summed E-state index contributed by atoms with van der Waals surface area (Å²) in [5, 5.41) is 3.05. The number of rotatable bonds is 4. The third-order valence-corrected chi connectivity index (χ3v) is 4.97. The minimum atomic E-state index is -0.784. The molecule has 1 saturated carbocycles. The Morgan fingerprint density at radius 1 is 1.17 bits per heavy atom. The number of hydrogen-bond donors (Lipinski definition) is 1. The lowest BCUT2D eigenvalue weighted by Gasteiger charge is -2.35. The number of esters is 1. The second-order valence-electron chi connectivity index (χ2n) is 6.80. The van der Waals surface area contributed by atoms with E-state index in [1.54, 1.807) is 19.1 Å². The van der Waals surface area contributed by atoms with Crippen molar-refractivity contribution in [3.8, 4) is 0 Å². The SMILES string of the molecule is Cc1ccc(C(=O)O[C@@H](C)C(=O)N[C@@H]2CCC[C@H](C)[C@@H]2C)cc1. The van der Waals surface area contributed by atoms with Gasteiger partial charge in [-0.3, -0.25) is 4.79 Å². The predicted molar refractivity (Wildman–Crippen MR) is 90.2 cm³/mol. The first-order chi connectivity index (χ1) is 10.9. The van der Waals surface area contributed by atoms with Gasteiger partial charge in [0.15, 0.2) is 6.10 Å². The normalized spacial score (nSPS) is 25.5. The number of aryl methyl sites for hydroxylation is 1. The fourth-order valence-electron chi connectivity index (χ4n) is 3.06. The van der Waals surface area contributed by atoms with Gasteiger partial charge in [-0.25, -0.2) is 4.79 Å². The van der Waals surface area contributed by atoms with Gasteiger partial charge >= 0.3 is 5.97 Å². The fraction of sp³-hybridized carbons (Fsp3) is 0.579. The van der Waals surface area contributed by atoms with Crippen LogP contribution in [-0.4, -0.2) is 24.0 Å². The predicted octanol–water partition coefficient (Wildman–Crippen LogP) is 3.48. The van der Waals surface area contributed by atoms with Crippen LogP contribution in [0, 0.1) is 18.8 Å². The summed E-state index contributed by atoms with van der Waals surface area (Å²) in [6.45, 7) is 7.98. The van der Waals surface area contributed by atoms with Crippen molar-refractivity contribution < 1.29 is 14.3 Å². The van der Waals surface area contributed by atoms with Crippen LogP contribution in [-0.2, 0) is 9.53 Å². The van der Waals surface area contributed by atoms with Crippen molar-refractivity contribution in [3.05, 3.63) is 35.4 Å². The van der Waals surface area contributed by atoms with E-state index in [-0.39, 0.29) is 11.9 Å². The van der Waals surface area contributed by atoms with Gasteiger partial charge in [0, 0.05) is 6.04 Å². The van der Waals surface area contributed by atoms with Crippen molar-refractivity contribution in [2.75, 3.05) is 0 Å². The topological polar surface area (TPSA) is 55.4 Å². The maximum atomic E-state index is 12.3. The van der Waals surface area contributed by atoms with Gasteiger partial charge in [-0.1, -0.05) is 44.4 Å². The molecule has 2 rings (SSSR count). The highest BCUT2D eigenvalue weighted by Crippen LogP contribution is 2.29. The maximum absolute atomic E-state index is 12.3. The van der Waals surface area contributed by atoms with Crippen LogP contribution in [0.5, 0.6) is 0 Å². The lowest BCUT2D eigenvalue weighted by atomic mass is 9.78. The molecular formula is C19H27NO3. The summed E-state index contributed by atoms with van der Waals surface area (Å²) in [7, 11) is 0. The van der Waals surface area contributed by atoms with E-state index in [0.29, 0.717) is 17.4 Å². The summed E-state index contributed by atoms with van der Waals surface area (Å²) in [5.41, 5.74) is 1.54. The molecule has 4 nitrogen and oxygen atoms in total. The standard InChI is InChI=1S/C19H27NO3/c1-12-8-10-16(11-9-12)19(22)23-15(4)18(21)20-17-7-5-6-13(2)14(17)3/h8-11,13-15,17H,5-7H2,1-4H3,(H,20,21)/t13-,14-,15-,17+/m0/s1. The van der Waals surface area contributed by atoms with E-state index in [4.69, 9.17) is 4.74 Å². The molecule has 1 aromatic rings. The molecule has 0 aliphatic heterocycles. The van der Waals surface area contributed by atoms with Gasteiger partial charge < -0.3 is 10.1 Å². The van der Waals surface area contributed by atoms with Crippen LogP contribution in [0.15, 0.2) is 24.3 Å². The van der Waals surface area contributed by atoms with Gasteiger partial charge in [0.2, 0.25) is 0 Å². The second-order valence-corrected chi connectivity index (χ2v) is 6.80. The number of nitrogens with one attached hydrogen (secondary N) is 1. The van der Waals surface area contributed by atoms with Crippen molar-refractivity contribution >= 4 is 11.9 Å². The number of amides is 1. The summed E-state index contributed by atoms with van der Waals surface area (Å²) in [6, 6.07) is 7.31. The van der Waals surface area contributed by atoms with Crippen LogP contribution < -0.4 is 5.32 Å². The Bertz CT molecular complexity index is 552. The molecule has 1 aliphatic rings. The lowest BCUT2D eigenvalue weighted by molar-refractivity contribution is -0.130. The molecule has 0 unspecified atom stereocenters. The summed E-state index contributed by atoms with van der Waals surface area (Å²) < 4.78 is 5.29. The highest BCUT2D eigenvalue weighted by atomic mass is 16.5. The molecule has 0 radical (unpaired) electrons. The van der Waals surface area contributed by atoms with E-state index in [1.807, 2.05) is 19.1 Å². The molecule has 0 saturated heterocycles. The Hall–Kier alpha value is -1.84. The van der Waals surface area contributed by atoms with Crippen LogP contribution in [0.4, 0.5) is 0 Å². The van der Waals surface area contributed by atoms with Crippen molar-refractivity contribution in [2.45, 2.75) is 59.1 Å². The van der Waals surface area contributed by atoms with Gasteiger partial charge in [0.05, 0.1) is 5.56 Å². The molecule has 23 heavy (non-hydrogen) atoms. The van der Waals surface area contributed by atoms with Crippen molar-refractivity contribution in [3.63, 3.8) is 0 Å². The molecule has 1 aromatic carbocycles. The Morgan fingerprint density at radius 2 is 1.83 bits per heavy atom. The number of benzene rings is 1. The average molecular weight is 317 g/mol. The summed E-state index contributed by atoms with van der Waals surface area (Å²) in [4.78, 5) is 24.4.